The maximum Gasteiger partial charge on any atom is 0.341 e. The van der Waals surface area contributed by atoms with Crippen molar-refractivity contribution in [2.45, 2.75) is 13.5 Å². The minimum Gasteiger partial charge on any atom is -0.495 e. The standard InChI is InChI=1S/C24H23NO4/c1-17-11-13-18(14-12-17)22(26)21-10-6-16-25(21)15-5-8-19-7-4-9-20(23(19)28-2)24(27)29-3/h4-14,16H,15H2,1-3H3/b8-5+. The molecule has 3 aromatic rings. The van der Waals surface area contributed by atoms with Gasteiger partial charge >= 0.3 is 5.97 Å². The molecule has 0 unspecified atom stereocenters. The number of hydrogen-bond acceptors (Lipinski definition) is 4. The molecule has 1 aromatic heterocycles. The van der Waals surface area contributed by atoms with Gasteiger partial charge in [0.2, 0.25) is 5.78 Å². The summed E-state index contributed by atoms with van der Waals surface area (Å²) in [7, 11) is 2.85. The molecule has 0 aliphatic carbocycles. The van der Waals surface area contributed by atoms with Gasteiger partial charge in [0.15, 0.2) is 0 Å². The lowest BCUT2D eigenvalue weighted by Gasteiger charge is -2.10. The molecule has 0 amide bonds. The number of carbonyl (C=O) groups is 2. The Bertz CT molecular complexity index is 1040. The molecule has 1 heterocycles. The Morgan fingerprint density at radius 1 is 1.00 bits per heavy atom. The molecule has 0 spiro atoms. The molecule has 5 heteroatoms. The number of nitrogens with zero attached hydrogens (tertiary/aromatic N) is 1. The van der Waals surface area contributed by atoms with Crippen LogP contribution in [-0.2, 0) is 11.3 Å². The molecule has 0 saturated carbocycles. The number of carbonyl (C=O) groups excluding carboxylic acids is 2. The van der Waals surface area contributed by atoms with Crippen LogP contribution in [0.1, 0.15) is 37.5 Å². The van der Waals surface area contributed by atoms with Crippen LogP contribution in [0.25, 0.3) is 6.08 Å². The number of para-hydroxylation sites is 1. The second-order valence-corrected chi connectivity index (χ2v) is 6.56. The van der Waals surface area contributed by atoms with Crippen LogP contribution in [0.2, 0.25) is 0 Å². The fourth-order valence-corrected chi connectivity index (χ4v) is 3.11. The first-order valence-corrected chi connectivity index (χ1v) is 9.23. The highest BCUT2D eigenvalue weighted by molar-refractivity contribution is 6.08. The summed E-state index contributed by atoms with van der Waals surface area (Å²) in [6.45, 7) is 2.50. The number of benzene rings is 2. The highest BCUT2D eigenvalue weighted by Gasteiger charge is 2.15. The Labute approximate surface area is 170 Å². The Kier molecular flexibility index (Phi) is 6.29. The number of esters is 1. The van der Waals surface area contributed by atoms with E-state index in [1.807, 2.05) is 72.3 Å². The van der Waals surface area contributed by atoms with Gasteiger partial charge in [-0.15, -0.1) is 0 Å². The predicted molar refractivity (Wildman–Crippen MR) is 112 cm³/mol. The van der Waals surface area contributed by atoms with E-state index >= 15 is 0 Å². The zero-order valence-electron chi connectivity index (χ0n) is 16.7. The smallest absolute Gasteiger partial charge is 0.341 e. The topological polar surface area (TPSA) is 57.5 Å². The van der Waals surface area contributed by atoms with E-state index in [2.05, 4.69) is 0 Å². The number of methoxy groups -OCH3 is 2. The zero-order valence-corrected chi connectivity index (χ0v) is 16.7. The van der Waals surface area contributed by atoms with Crippen LogP contribution in [0.3, 0.4) is 0 Å². The molecule has 0 saturated heterocycles. The van der Waals surface area contributed by atoms with Crippen LogP contribution in [0, 0.1) is 6.92 Å². The van der Waals surface area contributed by atoms with Crippen LogP contribution >= 0.6 is 0 Å². The van der Waals surface area contributed by atoms with E-state index < -0.39 is 5.97 Å². The third-order valence-electron chi connectivity index (χ3n) is 4.63. The first kappa shape index (κ1) is 20.1. The molecule has 3 rings (SSSR count). The van der Waals surface area contributed by atoms with Crippen LogP contribution < -0.4 is 4.74 Å². The van der Waals surface area contributed by atoms with E-state index in [-0.39, 0.29) is 5.78 Å². The average Bonchev–Trinajstić information content (AvgIpc) is 3.21. The van der Waals surface area contributed by atoms with Crippen molar-refractivity contribution < 1.29 is 19.1 Å². The van der Waals surface area contributed by atoms with Crippen molar-refractivity contribution in [1.82, 2.24) is 4.57 Å². The van der Waals surface area contributed by atoms with E-state index in [0.717, 1.165) is 11.1 Å². The minimum atomic E-state index is -0.450. The number of aromatic nitrogens is 1. The molecule has 0 radical (unpaired) electrons. The summed E-state index contributed by atoms with van der Waals surface area (Å²) in [5.41, 5.74) is 3.52. The lowest BCUT2D eigenvalue weighted by Crippen LogP contribution is -2.09. The predicted octanol–water partition coefficient (Wildman–Crippen LogP) is 4.54. The second kappa shape index (κ2) is 9.06. The molecule has 0 N–H and O–H groups in total. The second-order valence-electron chi connectivity index (χ2n) is 6.56. The molecule has 0 atom stereocenters. The van der Waals surface area contributed by atoms with E-state index in [1.165, 1.54) is 14.2 Å². The van der Waals surface area contributed by atoms with Gasteiger partial charge in [-0.2, -0.15) is 0 Å². The molecule has 2 aromatic carbocycles. The number of allylic oxidation sites excluding steroid dienone is 1. The Morgan fingerprint density at radius 2 is 1.76 bits per heavy atom. The monoisotopic (exact) mass is 389 g/mol. The SMILES string of the molecule is COC(=O)c1cccc(/C=C/Cn2cccc2C(=O)c2ccc(C)cc2)c1OC. The van der Waals surface area contributed by atoms with Crippen molar-refractivity contribution in [2.24, 2.45) is 0 Å². The quantitative estimate of drug-likeness (QED) is 0.440. The highest BCUT2D eigenvalue weighted by Crippen LogP contribution is 2.26. The third-order valence-corrected chi connectivity index (χ3v) is 4.63. The van der Waals surface area contributed by atoms with Gasteiger partial charge < -0.3 is 14.0 Å². The Hall–Kier alpha value is -3.60. The number of aryl methyl sites for hydroxylation is 1. The van der Waals surface area contributed by atoms with Crippen molar-refractivity contribution in [2.75, 3.05) is 14.2 Å². The lowest BCUT2D eigenvalue weighted by molar-refractivity contribution is 0.0597. The summed E-state index contributed by atoms with van der Waals surface area (Å²) in [6, 6.07) is 16.5. The van der Waals surface area contributed by atoms with Gasteiger partial charge in [-0.05, 0) is 25.1 Å². The minimum absolute atomic E-state index is 0.0198. The van der Waals surface area contributed by atoms with E-state index in [9.17, 15) is 9.59 Å². The van der Waals surface area contributed by atoms with Crippen LogP contribution in [0.4, 0.5) is 0 Å². The summed E-state index contributed by atoms with van der Waals surface area (Å²) in [5, 5.41) is 0. The van der Waals surface area contributed by atoms with E-state index in [0.29, 0.717) is 29.1 Å². The number of ether oxygens (including phenoxy) is 2. The van der Waals surface area contributed by atoms with Gasteiger partial charge in [0, 0.05) is 23.9 Å². The average molecular weight is 389 g/mol. The summed E-state index contributed by atoms with van der Waals surface area (Å²) >= 11 is 0. The normalized spacial score (nSPS) is 10.9. The zero-order chi connectivity index (χ0) is 20.8. The molecule has 29 heavy (non-hydrogen) atoms. The van der Waals surface area contributed by atoms with Gasteiger partial charge in [-0.25, -0.2) is 4.79 Å². The highest BCUT2D eigenvalue weighted by atomic mass is 16.5. The first-order valence-electron chi connectivity index (χ1n) is 9.23. The van der Waals surface area contributed by atoms with Crippen LogP contribution in [0.15, 0.2) is 66.9 Å². The van der Waals surface area contributed by atoms with Crippen LogP contribution in [0.5, 0.6) is 5.75 Å². The summed E-state index contributed by atoms with van der Waals surface area (Å²) in [5.74, 6) is -0.0128. The summed E-state index contributed by atoms with van der Waals surface area (Å²) in [4.78, 5) is 24.7. The van der Waals surface area contributed by atoms with Crippen molar-refractivity contribution in [3.8, 4) is 5.75 Å². The van der Waals surface area contributed by atoms with Gasteiger partial charge in [0.25, 0.3) is 0 Å². The fourth-order valence-electron chi connectivity index (χ4n) is 3.11. The maximum atomic E-state index is 12.8. The number of ketones is 1. The summed E-state index contributed by atoms with van der Waals surface area (Å²) in [6.07, 6.45) is 5.66. The lowest BCUT2D eigenvalue weighted by atomic mass is 10.1. The maximum absolute atomic E-state index is 12.8. The van der Waals surface area contributed by atoms with E-state index in [4.69, 9.17) is 9.47 Å². The van der Waals surface area contributed by atoms with Gasteiger partial charge in [-0.3, -0.25) is 4.79 Å². The number of hydrogen-bond donors (Lipinski definition) is 0. The van der Waals surface area contributed by atoms with Crippen LogP contribution in [-0.4, -0.2) is 30.5 Å². The molecule has 5 nitrogen and oxygen atoms in total. The fraction of sp³-hybridized carbons (Fsp3) is 0.167. The molecule has 148 valence electrons. The molecule has 0 bridgehead atoms. The summed E-state index contributed by atoms with van der Waals surface area (Å²) < 4.78 is 12.1. The third kappa shape index (κ3) is 4.46. The van der Waals surface area contributed by atoms with Crippen molar-refractivity contribution >= 4 is 17.8 Å². The molecule has 0 aliphatic rings. The Morgan fingerprint density at radius 3 is 2.45 bits per heavy atom. The van der Waals surface area contributed by atoms with Crippen molar-refractivity contribution in [3.63, 3.8) is 0 Å². The van der Waals surface area contributed by atoms with Gasteiger partial charge in [0.1, 0.15) is 11.3 Å². The largest absolute Gasteiger partial charge is 0.495 e. The molecular formula is C24H23NO4. The van der Waals surface area contributed by atoms with E-state index in [1.54, 1.807) is 12.1 Å². The molecular weight excluding hydrogens is 366 g/mol. The Balaban J connectivity index is 1.81. The van der Waals surface area contributed by atoms with Crippen molar-refractivity contribution in [1.29, 1.82) is 0 Å². The molecule has 0 aliphatic heterocycles. The van der Waals surface area contributed by atoms with Crippen molar-refractivity contribution in [3.05, 3.63) is 94.8 Å². The number of rotatable bonds is 7. The molecule has 0 fully saturated rings. The first-order chi connectivity index (χ1) is 14.0. The van der Waals surface area contributed by atoms with Gasteiger partial charge in [-0.1, -0.05) is 54.1 Å². The van der Waals surface area contributed by atoms with Gasteiger partial charge in [0.05, 0.1) is 19.9 Å².